The number of nitrogens with one attached hydrogen (secondary N) is 1. The highest BCUT2D eigenvalue weighted by Gasteiger charge is 2.20. The fraction of sp³-hybridized carbons (Fsp3) is 0.278. The molecule has 0 unspecified atom stereocenters. The minimum atomic E-state index is -3.52. The molecular formula is C18H21FN2O3S. The first kappa shape index (κ1) is 18.9. The fourth-order valence-electron chi connectivity index (χ4n) is 2.46. The Bertz CT molecular complexity index is 882. The van der Waals surface area contributed by atoms with E-state index >= 15 is 0 Å². The Morgan fingerprint density at radius 3 is 2.48 bits per heavy atom. The Morgan fingerprint density at radius 1 is 1.16 bits per heavy atom. The Kier molecular flexibility index (Phi) is 5.79. The van der Waals surface area contributed by atoms with Crippen LogP contribution >= 0.6 is 0 Å². The molecule has 1 amide bonds. The molecule has 2 aromatic carbocycles. The highest BCUT2D eigenvalue weighted by Crippen LogP contribution is 2.23. The molecule has 0 heterocycles. The van der Waals surface area contributed by atoms with Crippen molar-refractivity contribution in [3.05, 3.63) is 65.0 Å². The molecule has 134 valence electrons. The number of sulfonamides is 1. The van der Waals surface area contributed by atoms with Gasteiger partial charge in [-0.2, -0.15) is 0 Å². The van der Waals surface area contributed by atoms with Crippen molar-refractivity contribution >= 4 is 21.6 Å². The molecule has 0 saturated heterocycles. The second kappa shape index (κ2) is 7.65. The number of benzene rings is 2. The first-order chi connectivity index (χ1) is 11.7. The van der Waals surface area contributed by atoms with E-state index in [1.165, 1.54) is 22.5 Å². The topological polar surface area (TPSA) is 66.5 Å². The van der Waals surface area contributed by atoms with E-state index in [2.05, 4.69) is 5.32 Å². The Labute approximate surface area is 147 Å². The van der Waals surface area contributed by atoms with E-state index in [1.54, 1.807) is 12.1 Å². The van der Waals surface area contributed by atoms with Gasteiger partial charge in [0.25, 0.3) is 5.91 Å². The number of carbonyl (C=O) groups is 1. The lowest BCUT2D eigenvalue weighted by molar-refractivity contribution is 0.0951. The molecule has 0 aliphatic heterocycles. The molecule has 0 radical (unpaired) electrons. The van der Waals surface area contributed by atoms with Gasteiger partial charge in [0.05, 0.1) is 24.1 Å². The fourth-order valence-corrected chi connectivity index (χ4v) is 3.44. The van der Waals surface area contributed by atoms with Crippen molar-refractivity contribution in [1.29, 1.82) is 0 Å². The number of carbonyl (C=O) groups excluding carboxylic acids is 1. The van der Waals surface area contributed by atoms with Crippen LogP contribution in [0.2, 0.25) is 0 Å². The number of nitrogens with zero attached hydrogens (tertiary/aromatic N) is 1. The molecule has 0 saturated carbocycles. The summed E-state index contributed by atoms with van der Waals surface area (Å²) in [6.45, 7) is 3.82. The summed E-state index contributed by atoms with van der Waals surface area (Å²) >= 11 is 0. The zero-order chi connectivity index (χ0) is 18.6. The zero-order valence-corrected chi connectivity index (χ0v) is 15.2. The summed E-state index contributed by atoms with van der Waals surface area (Å²) in [6, 6.07) is 11.2. The van der Waals surface area contributed by atoms with Gasteiger partial charge >= 0.3 is 0 Å². The largest absolute Gasteiger partial charge is 0.350 e. The van der Waals surface area contributed by atoms with E-state index in [0.717, 1.165) is 17.4 Å². The van der Waals surface area contributed by atoms with Crippen molar-refractivity contribution in [3.8, 4) is 0 Å². The number of amides is 1. The highest BCUT2D eigenvalue weighted by atomic mass is 32.2. The number of hydrogen-bond acceptors (Lipinski definition) is 3. The van der Waals surface area contributed by atoms with Gasteiger partial charge in [-0.05, 0) is 43.2 Å². The standard InChI is InChI=1S/C18H21FN2O3S/c1-13-8-9-14(2)17(12-13)21(25(3,23)24)11-10-20-18(22)15-6-4-5-7-16(15)19/h4-9,12H,10-11H2,1-3H3,(H,20,22). The molecule has 2 rings (SSSR count). The smallest absolute Gasteiger partial charge is 0.254 e. The van der Waals surface area contributed by atoms with Gasteiger partial charge in [-0.1, -0.05) is 24.3 Å². The lowest BCUT2D eigenvalue weighted by Gasteiger charge is -2.24. The first-order valence-corrected chi connectivity index (χ1v) is 9.62. The van der Waals surface area contributed by atoms with Crippen LogP contribution in [0.5, 0.6) is 0 Å². The summed E-state index contributed by atoms with van der Waals surface area (Å²) in [7, 11) is -3.52. The number of halogens is 1. The summed E-state index contributed by atoms with van der Waals surface area (Å²) in [6.07, 6.45) is 1.12. The van der Waals surface area contributed by atoms with Gasteiger partial charge in [0.2, 0.25) is 10.0 Å². The molecule has 0 aliphatic carbocycles. The van der Waals surface area contributed by atoms with Crippen LogP contribution in [-0.4, -0.2) is 33.7 Å². The minimum Gasteiger partial charge on any atom is -0.350 e. The van der Waals surface area contributed by atoms with E-state index in [9.17, 15) is 17.6 Å². The van der Waals surface area contributed by atoms with Crippen LogP contribution in [0.3, 0.4) is 0 Å². The second-order valence-electron chi connectivity index (χ2n) is 5.86. The van der Waals surface area contributed by atoms with Crippen LogP contribution < -0.4 is 9.62 Å². The molecule has 2 aromatic rings. The molecular weight excluding hydrogens is 343 g/mol. The number of hydrogen-bond donors (Lipinski definition) is 1. The third-order valence-electron chi connectivity index (χ3n) is 3.75. The van der Waals surface area contributed by atoms with Crippen LogP contribution in [-0.2, 0) is 10.0 Å². The van der Waals surface area contributed by atoms with E-state index in [-0.39, 0.29) is 18.7 Å². The quantitative estimate of drug-likeness (QED) is 0.857. The van der Waals surface area contributed by atoms with Crippen molar-refractivity contribution in [1.82, 2.24) is 5.32 Å². The molecule has 25 heavy (non-hydrogen) atoms. The number of anilines is 1. The van der Waals surface area contributed by atoms with E-state index in [4.69, 9.17) is 0 Å². The molecule has 0 spiro atoms. The van der Waals surface area contributed by atoms with Gasteiger partial charge in [0.1, 0.15) is 5.82 Å². The van der Waals surface area contributed by atoms with Crippen molar-refractivity contribution in [2.45, 2.75) is 13.8 Å². The van der Waals surface area contributed by atoms with Crippen molar-refractivity contribution in [2.75, 3.05) is 23.7 Å². The third-order valence-corrected chi connectivity index (χ3v) is 4.93. The average molecular weight is 364 g/mol. The Balaban J connectivity index is 2.13. The van der Waals surface area contributed by atoms with Gasteiger partial charge in [-0.3, -0.25) is 9.10 Å². The van der Waals surface area contributed by atoms with Crippen LogP contribution in [0.1, 0.15) is 21.5 Å². The maximum atomic E-state index is 13.6. The third kappa shape index (κ3) is 4.79. The summed E-state index contributed by atoms with van der Waals surface area (Å²) in [5.41, 5.74) is 2.25. The van der Waals surface area contributed by atoms with Crippen molar-refractivity contribution < 1.29 is 17.6 Å². The van der Waals surface area contributed by atoms with Gasteiger partial charge < -0.3 is 5.32 Å². The summed E-state index contributed by atoms with van der Waals surface area (Å²) in [5.74, 6) is -1.19. The van der Waals surface area contributed by atoms with E-state index in [1.807, 2.05) is 26.0 Å². The van der Waals surface area contributed by atoms with Crippen molar-refractivity contribution in [3.63, 3.8) is 0 Å². The van der Waals surface area contributed by atoms with Gasteiger partial charge in [0.15, 0.2) is 0 Å². The number of rotatable bonds is 6. The molecule has 7 heteroatoms. The summed E-state index contributed by atoms with van der Waals surface area (Å²) in [4.78, 5) is 12.0. The van der Waals surface area contributed by atoms with Crippen LogP contribution in [0.4, 0.5) is 10.1 Å². The maximum absolute atomic E-state index is 13.6. The molecule has 0 fully saturated rings. The molecule has 0 aliphatic rings. The molecule has 0 atom stereocenters. The van der Waals surface area contributed by atoms with Gasteiger partial charge in [0, 0.05) is 6.54 Å². The van der Waals surface area contributed by atoms with E-state index in [0.29, 0.717) is 5.69 Å². The van der Waals surface area contributed by atoms with Crippen molar-refractivity contribution in [2.24, 2.45) is 0 Å². The summed E-state index contributed by atoms with van der Waals surface area (Å²) in [5, 5.41) is 2.56. The minimum absolute atomic E-state index is 0.0588. The van der Waals surface area contributed by atoms with Gasteiger partial charge in [-0.25, -0.2) is 12.8 Å². The van der Waals surface area contributed by atoms with E-state index < -0.39 is 21.7 Å². The second-order valence-corrected chi connectivity index (χ2v) is 7.77. The zero-order valence-electron chi connectivity index (χ0n) is 14.4. The average Bonchev–Trinajstić information content (AvgIpc) is 2.53. The Morgan fingerprint density at radius 2 is 1.84 bits per heavy atom. The van der Waals surface area contributed by atoms with Crippen LogP contribution in [0.15, 0.2) is 42.5 Å². The van der Waals surface area contributed by atoms with Gasteiger partial charge in [-0.15, -0.1) is 0 Å². The molecule has 0 bridgehead atoms. The van der Waals surface area contributed by atoms with Crippen LogP contribution in [0, 0.1) is 19.7 Å². The van der Waals surface area contributed by atoms with Crippen LogP contribution in [0.25, 0.3) is 0 Å². The maximum Gasteiger partial charge on any atom is 0.254 e. The summed E-state index contributed by atoms with van der Waals surface area (Å²) < 4.78 is 39.2. The molecule has 1 N–H and O–H groups in total. The normalized spacial score (nSPS) is 11.2. The monoisotopic (exact) mass is 364 g/mol. The SMILES string of the molecule is Cc1ccc(C)c(N(CCNC(=O)c2ccccc2F)S(C)(=O)=O)c1. The number of aryl methyl sites for hydroxylation is 2. The first-order valence-electron chi connectivity index (χ1n) is 7.78. The highest BCUT2D eigenvalue weighted by molar-refractivity contribution is 7.92. The lowest BCUT2D eigenvalue weighted by Crippen LogP contribution is -2.38. The predicted molar refractivity (Wildman–Crippen MR) is 96.8 cm³/mol. The molecule has 5 nitrogen and oxygen atoms in total. The predicted octanol–water partition coefficient (Wildman–Crippen LogP) is 2.64. The molecule has 0 aromatic heterocycles. The lowest BCUT2D eigenvalue weighted by atomic mass is 10.1. The Hall–Kier alpha value is -2.41.